The second-order valence-corrected chi connectivity index (χ2v) is 5.80. The summed E-state index contributed by atoms with van der Waals surface area (Å²) in [6.45, 7) is 9.77. The summed E-state index contributed by atoms with van der Waals surface area (Å²) in [5.74, 6) is 0. The first-order chi connectivity index (χ1) is 8.05. The van der Waals surface area contributed by atoms with Gasteiger partial charge in [-0.15, -0.1) is 0 Å². The van der Waals surface area contributed by atoms with Crippen molar-refractivity contribution in [3.05, 3.63) is 35.9 Å². The second-order valence-electron chi connectivity index (χ2n) is 5.80. The minimum atomic E-state index is 0.249. The van der Waals surface area contributed by atoms with Gasteiger partial charge in [0.25, 0.3) is 0 Å². The van der Waals surface area contributed by atoms with Crippen molar-refractivity contribution in [3.8, 4) is 0 Å². The molecule has 2 rings (SSSR count). The molecular weight excluding hydrogens is 210 g/mol. The third-order valence-electron chi connectivity index (χ3n) is 3.39. The Labute approximate surface area is 105 Å². The summed E-state index contributed by atoms with van der Waals surface area (Å²) in [6.07, 6.45) is 1.36. The Bertz CT molecular complexity index is 342. The van der Waals surface area contributed by atoms with Gasteiger partial charge in [0.2, 0.25) is 0 Å². The van der Waals surface area contributed by atoms with Crippen molar-refractivity contribution in [1.82, 2.24) is 4.90 Å². The molecule has 0 N–H and O–H groups in total. The van der Waals surface area contributed by atoms with Crippen LogP contribution in [0.4, 0.5) is 0 Å². The molecule has 1 saturated heterocycles. The van der Waals surface area contributed by atoms with Crippen LogP contribution in [0.25, 0.3) is 0 Å². The van der Waals surface area contributed by atoms with Gasteiger partial charge in [-0.05, 0) is 32.8 Å². The van der Waals surface area contributed by atoms with Crippen molar-refractivity contribution in [2.45, 2.75) is 38.8 Å². The standard InChI is InChI=1S/C15H23NO/c1-15(2,3)16-9-10-17-14(12-16)11-13-7-5-4-6-8-13/h4-8,14H,9-12H2,1-3H3. The monoisotopic (exact) mass is 233 g/mol. The zero-order valence-electron chi connectivity index (χ0n) is 11.1. The van der Waals surface area contributed by atoms with Crippen LogP contribution >= 0.6 is 0 Å². The van der Waals surface area contributed by atoms with Gasteiger partial charge in [-0.3, -0.25) is 4.90 Å². The molecule has 1 aromatic rings. The molecule has 1 fully saturated rings. The lowest BCUT2D eigenvalue weighted by Gasteiger charge is -2.41. The van der Waals surface area contributed by atoms with E-state index >= 15 is 0 Å². The van der Waals surface area contributed by atoms with Crippen LogP contribution in [0.15, 0.2) is 30.3 Å². The van der Waals surface area contributed by atoms with Gasteiger partial charge in [-0.2, -0.15) is 0 Å². The molecule has 1 aliphatic heterocycles. The van der Waals surface area contributed by atoms with E-state index in [9.17, 15) is 0 Å². The quantitative estimate of drug-likeness (QED) is 0.779. The minimum absolute atomic E-state index is 0.249. The molecule has 0 amide bonds. The third kappa shape index (κ3) is 3.55. The van der Waals surface area contributed by atoms with E-state index in [1.165, 1.54) is 5.56 Å². The van der Waals surface area contributed by atoms with Gasteiger partial charge >= 0.3 is 0 Å². The van der Waals surface area contributed by atoms with Crippen LogP contribution in [-0.2, 0) is 11.2 Å². The summed E-state index contributed by atoms with van der Waals surface area (Å²) in [7, 11) is 0. The summed E-state index contributed by atoms with van der Waals surface area (Å²) in [5, 5.41) is 0. The minimum Gasteiger partial charge on any atom is -0.375 e. The van der Waals surface area contributed by atoms with Crippen LogP contribution in [0.2, 0.25) is 0 Å². The van der Waals surface area contributed by atoms with E-state index in [1.54, 1.807) is 0 Å². The van der Waals surface area contributed by atoms with Gasteiger partial charge in [-0.25, -0.2) is 0 Å². The molecule has 17 heavy (non-hydrogen) atoms. The van der Waals surface area contributed by atoms with Gasteiger partial charge in [0, 0.05) is 18.6 Å². The summed E-state index contributed by atoms with van der Waals surface area (Å²) < 4.78 is 5.87. The van der Waals surface area contributed by atoms with E-state index in [-0.39, 0.29) is 5.54 Å². The Morgan fingerprint density at radius 2 is 1.94 bits per heavy atom. The molecule has 0 spiro atoms. The molecule has 0 radical (unpaired) electrons. The Balaban J connectivity index is 1.94. The molecule has 1 aliphatic rings. The maximum Gasteiger partial charge on any atom is 0.0743 e. The predicted molar refractivity (Wildman–Crippen MR) is 71.2 cm³/mol. The Morgan fingerprint density at radius 3 is 2.59 bits per heavy atom. The van der Waals surface area contributed by atoms with Crippen molar-refractivity contribution < 1.29 is 4.74 Å². The molecule has 1 heterocycles. The molecule has 0 bridgehead atoms. The van der Waals surface area contributed by atoms with Crippen molar-refractivity contribution >= 4 is 0 Å². The number of benzene rings is 1. The summed E-state index contributed by atoms with van der Waals surface area (Å²) in [4.78, 5) is 2.52. The summed E-state index contributed by atoms with van der Waals surface area (Å²) in [6, 6.07) is 10.6. The first-order valence-corrected chi connectivity index (χ1v) is 6.46. The van der Waals surface area contributed by atoms with Crippen molar-refractivity contribution in [2.75, 3.05) is 19.7 Å². The second kappa shape index (κ2) is 5.19. The Hall–Kier alpha value is -0.860. The molecule has 0 aromatic heterocycles. The molecular formula is C15H23NO. The van der Waals surface area contributed by atoms with Crippen LogP contribution in [0.1, 0.15) is 26.3 Å². The van der Waals surface area contributed by atoms with Crippen LogP contribution in [0.5, 0.6) is 0 Å². The summed E-state index contributed by atoms with van der Waals surface area (Å²) in [5.41, 5.74) is 1.62. The fraction of sp³-hybridized carbons (Fsp3) is 0.600. The maximum absolute atomic E-state index is 5.87. The first kappa shape index (κ1) is 12.6. The van der Waals surface area contributed by atoms with Crippen LogP contribution in [-0.4, -0.2) is 36.2 Å². The van der Waals surface area contributed by atoms with E-state index in [1.807, 2.05) is 0 Å². The fourth-order valence-electron chi connectivity index (χ4n) is 2.33. The van der Waals surface area contributed by atoms with E-state index < -0.39 is 0 Å². The van der Waals surface area contributed by atoms with Gasteiger partial charge in [-0.1, -0.05) is 30.3 Å². The lowest BCUT2D eigenvalue weighted by atomic mass is 10.0. The normalized spacial score (nSPS) is 22.6. The zero-order chi connectivity index (χ0) is 12.3. The highest BCUT2D eigenvalue weighted by Crippen LogP contribution is 2.19. The average molecular weight is 233 g/mol. The topological polar surface area (TPSA) is 12.5 Å². The number of ether oxygens (including phenoxy) is 1. The van der Waals surface area contributed by atoms with Crippen LogP contribution < -0.4 is 0 Å². The molecule has 94 valence electrons. The molecule has 2 nitrogen and oxygen atoms in total. The van der Waals surface area contributed by atoms with E-state index in [0.717, 1.165) is 26.1 Å². The van der Waals surface area contributed by atoms with Gasteiger partial charge in [0.15, 0.2) is 0 Å². The lowest BCUT2D eigenvalue weighted by molar-refractivity contribution is -0.0571. The molecule has 1 unspecified atom stereocenters. The molecule has 1 aromatic carbocycles. The number of rotatable bonds is 2. The average Bonchev–Trinajstić information content (AvgIpc) is 2.29. The Kier molecular flexibility index (Phi) is 3.85. The predicted octanol–water partition coefficient (Wildman–Crippen LogP) is 2.73. The van der Waals surface area contributed by atoms with Crippen LogP contribution in [0, 0.1) is 0 Å². The van der Waals surface area contributed by atoms with Gasteiger partial charge in [0.1, 0.15) is 0 Å². The third-order valence-corrected chi connectivity index (χ3v) is 3.39. The maximum atomic E-state index is 5.87. The number of hydrogen-bond donors (Lipinski definition) is 0. The SMILES string of the molecule is CC(C)(C)N1CCOC(Cc2ccccc2)C1. The molecule has 0 saturated carbocycles. The van der Waals surface area contributed by atoms with Crippen molar-refractivity contribution in [2.24, 2.45) is 0 Å². The fourth-order valence-corrected chi connectivity index (χ4v) is 2.33. The van der Waals surface area contributed by atoms with Gasteiger partial charge < -0.3 is 4.74 Å². The number of morpholine rings is 1. The lowest BCUT2D eigenvalue weighted by Crippen LogP contribution is -2.51. The molecule has 1 atom stereocenters. The smallest absolute Gasteiger partial charge is 0.0743 e. The molecule has 2 heteroatoms. The largest absolute Gasteiger partial charge is 0.375 e. The first-order valence-electron chi connectivity index (χ1n) is 6.46. The summed E-state index contributed by atoms with van der Waals surface area (Å²) >= 11 is 0. The van der Waals surface area contributed by atoms with Crippen molar-refractivity contribution in [3.63, 3.8) is 0 Å². The zero-order valence-corrected chi connectivity index (χ0v) is 11.1. The number of nitrogens with zero attached hydrogens (tertiary/aromatic N) is 1. The van der Waals surface area contributed by atoms with Crippen molar-refractivity contribution in [1.29, 1.82) is 0 Å². The van der Waals surface area contributed by atoms with E-state index in [0.29, 0.717) is 6.10 Å². The highest BCUT2D eigenvalue weighted by atomic mass is 16.5. The molecule has 0 aliphatic carbocycles. The highest BCUT2D eigenvalue weighted by Gasteiger charge is 2.28. The highest BCUT2D eigenvalue weighted by molar-refractivity contribution is 5.15. The van der Waals surface area contributed by atoms with E-state index in [2.05, 4.69) is 56.0 Å². The van der Waals surface area contributed by atoms with E-state index in [4.69, 9.17) is 4.74 Å². The number of hydrogen-bond acceptors (Lipinski definition) is 2. The Morgan fingerprint density at radius 1 is 1.24 bits per heavy atom. The van der Waals surface area contributed by atoms with Crippen LogP contribution in [0.3, 0.4) is 0 Å². The van der Waals surface area contributed by atoms with Gasteiger partial charge in [0.05, 0.1) is 12.7 Å².